The molecule has 0 unspecified atom stereocenters. The zero-order valence-corrected chi connectivity index (χ0v) is 8.85. The molecule has 1 aliphatic rings. The molecule has 0 saturated carbocycles. The molecule has 2 nitrogen and oxygen atoms in total. The summed E-state index contributed by atoms with van der Waals surface area (Å²) in [4.78, 5) is 11.2. The third-order valence-corrected chi connectivity index (χ3v) is 2.59. The second kappa shape index (κ2) is 3.93. The van der Waals surface area contributed by atoms with Crippen molar-refractivity contribution in [3.05, 3.63) is 29.3 Å². The topological polar surface area (TPSA) is 26.3 Å². The van der Waals surface area contributed by atoms with Gasteiger partial charge in [-0.15, -0.1) is 0 Å². The lowest BCUT2D eigenvalue weighted by molar-refractivity contribution is -0.255. The number of hydrogen-bond donors (Lipinski definition) is 0. The molecule has 0 bridgehead atoms. The molecule has 0 atom stereocenters. The fraction of sp³-hybridized carbons (Fsp3) is 0.364. The third kappa shape index (κ3) is 1.93. The largest absolute Gasteiger partial charge is 0.493 e. The van der Waals surface area contributed by atoms with E-state index in [1.54, 1.807) is 0 Å². The Bertz CT molecular complexity index is 493. The first-order valence-electron chi connectivity index (χ1n) is 4.98. The van der Waals surface area contributed by atoms with E-state index in [1.165, 1.54) is 6.07 Å². The Kier molecular flexibility index (Phi) is 2.79. The van der Waals surface area contributed by atoms with E-state index in [0.29, 0.717) is 24.3 Å². The minimum atomic E-state index is -5.89. The summed E-state index contributed by atoms with van der Waals surface area (Å²) < 4.78 is 66.9. The van der Waals surface area contributed by atoms with E-state index in [0.717, 1.165) is 12.1 Å². The lowest BCUT2D eigenvalue weighted by Gasteiger charge is -2.18. The maximum Gasteiger partial charge on any atom is 0.461 e. The fourth-order valence-corrected chi connectivity index (χ4v) is 1.64. The van der Waals surface area contributed by atoms with Crippen LogP contribution in [-0.2, 0) is 6.42 Å². The number of ether oxygens (including phenoxy) is 1. The molecule has 0 saturated heterocycles. The highest BCUT2D eigenvalue weighted by molar-refractivity contribution is 6.02. The summed E-state index contributed by atoms with van der Waals surface area (Å²) in [6, 6.07) is 3.15. The van der Waals surface area contributed by atoms with Crippen molar-refractivity contribution in [3.8, 4) is 5.75 Å². The number of halogens is 5. The zero-order chi connectivity index (χ0) is 13.6. The highest BCUT2D eigenvalue weighted by atomic mass is 19.4. The summed E-state index contributed by atoms with van der Waals surface area (Å²) in [5.74, 6) is -7.22. The summed E-state index contributed by atoms with van der Waals surface area (Å²) in [6.07, 6.45) is -5.51. The quantitative estimate of drug-likeness (QED) is 0.607. The van der Waals surface area contributed by atoms with Gasteiger partial charge in [-0.2, -0.15) is 22.0 Å². The second-order valence-electron chi connectivity index (χ2n) is 3.82. The van der Waals surface area contributed by atoms with Gasteiger partial charge >= 0.3 is 12.1 Å². The van der Waals surface area contributed by atoms with Gasteiger partial charge in [-0.1, -0.05) is 0 Å². The van der Waals surface area contributed by atoms with E-state index in [2.05, 4.69) is 0 Å². The van der Waals surface area contributed by atoms with Crippen LogP contribution in [0.15, 0.2) is 18.2 Å². The molecular formula is C11H7F5O2. The first-order valence-corrected chi connectivity index (χ1v) is 4.98. The molecule has 1 aromatic carbocycles. The van der Waals surface area contributed by atoms with E-state index in [4.69, 9.17) is 4.74 Å². The monoisotopic (exact) mass is 266 g/mol. The Hall–Kier alpha value is -1.66. The van der Waals surface area contributed by atoms with E-state index >= 15 is 0 Å². The highest BCUT2D eigenvalue weighted by Gasteiger charge is 2.63. The minimum absolute atomic E-state index is 0.322. The smallest absolute Gasteiger partial charge is 0.461 e. The maximum absolute atomic E-state index is 12.9. The third-order valence-electron chi connectivity index (χ3n) is 2.59. The van der Waals surface area contributed by atoms with E-state index in [9.17, 15) is 26.7 Å². The fourth-order valence-electron chi connectivity index (χ4n) is 1.64. The molecule has 98 valence electrons. The molecule has 1 aliphatic heterocycles. The Morgan fingerprint density at radius 1 is 1.17 bits per heavy atom. The molecule has 0 radical (unpaired) electrons. The Labute approximate surface area is 98.4 Å². The van der Waals surface area contributed by atoms with Crippen molar-refractivity contribution in [1.82, 2.24) is 0 Å². The van der Waals surface area contributed by atoms with Gasteiger partial charge in [-0.3, -0.25) is 4.79 Å². The van der Waals surface area contributed by atoms with Crippen LogP contribution in [0.5, 0.6) is 5.75 Å². The predicted octanol–water partition coefficient (Wildman–Crippen LogP) is 3.00. The van der Waals surface area contributed by atoms with Crippen LogP contribution in [0.1, 0.15) is 15.9 Å². The van der Waals surface area contributed by atoms with Crippen molar-refractivity contribution >= 4 is 5.78 Å². The molecular weight excluding hydrogens is 259 g/mol. The maximum atomic E-state index is 12.9. The summed E-state index contributed by atoms with van der Waals surface area (Å²) in [5.41, 5.74) is -0.208. The normalized spacial score (nSPS) is 15.2. The van der Waals surface area contributed by atoms with Crippen molar-refractivity contribution in [2.45, 2.75) is 18.5 Å². The van der Waals surface area contributed by atoms with Crippen LogP contribution >= 0.6 is 0 Å². The lowest BCUT2D eigenvalue weighted by atomic mass is 10.0. The average Bonchev–Trinajstić information content (AvgIpc) is 2.73. The van der Waals surface area contributed by atoms with Gasteiger partial charge in [0.25, 0.3) is 0 Å². The van der Waals surface area contributed by atoms with Crippen LogP contribution in [-0.4, -0.2) is 24.5 Å². The number of Topliss-reactive ketones (excluding diaryl/α,β-unsaturated/α-hetero) is 1. The molecule has 7 heteroatoms. The second-order valence-corrected chi connectivity index (χ2v) is 3.82. The molecule has 0 amide bonds. The standard InChI is InChI=1S/C11H7F5O2/c12-10(13,11(14,15)16)9(17)7-1-2-8-6(5-7)3-4-18-8/h1-2,5H,3-4H2. The number of alkyl halides is 5. The highest BCUT2D eigenvalue weighted by Crippen LogP contribution is 2.38. The van der Waals surface area contributed by atoms with Gasteiger partial charge < -0.3 is 4.74 Å². The number of rotatable bonds is 2. The SMILES string of the molecule is O=C(c1ccc2c(c1)CCO2)C(F)(F)C(F)(F)F. The number of carbonyl (C=O) groups is 1. The van der Waals surface area contributed by atoms with Crippen LogP contribution < -0.4 is 4.74 Å². The van der Waals surface area contributed by atoms with Gasteiger partial charge in [-0.25, -0.2) is 0 Å². The lowest BCUT2D eigenvalue weighted by Crippen LogP contribution is -2.44. The van der Waals surface area contributed by atoms with Crippen LogP contribution in [0.2, 0.25) is 0 Å². The Balaban J connectivity index is 2.35. The predicted molar refractivity (Wildman–Crippen MR) is 51.0 cm³/mol. The van der Waals surface area contributed by atoms with Crippen molar-refractivity contribution in [1.29, 1.82) is 0 Å². The summed E-state index contributed by atoms with van der Waals surface area (Å²) >= 11 is 0. The number of fused-ring (bicyclic) bond motifs is 1. The number of ketones is 1. The van der Waals surface area contributed by atoms with Crippen LogP contribution in [0, 0.1) is 0 Å². The van der Waals surface area contributed by atoms with Crippen molar-refractivity contribution in [3.63, 3.8) is 0 Å². The van der Waals surface area contributed by atoms with Gasteiger partial charge in [0.15, 0.2) is 0 Å². The molecule has 0 aromatic heterocycles. The first kappa shape index (κ1) is 12.8. The van der Waals surface area contributed by atoms with Gasteiger partial charge in [0.2, 0.25) is 5.78 Å². The van der Waals surface area contributed by atoms with Crippen LogP contribution in [0.4, 0.5) is 22.0 Å². The van der Waals surface area contributed by atoms with Gasteiger partial charge in [-0.05, 0) is 23.8 Å². The minimum Gasteiger partial charge on any atom is -0.493 e. The van der Waals surface area contributed by atoms with Crippen molar-refractivity contribution in [2.75, 3.05) is 6.61 Å². The Morgan fingerprint density at radius 2 is 1.83 bits per heavy atom. The van der Waals surface area contributed by atoms with Crippen LogP contribution in [0.25, 0.3) is 0 Å². The molecule has 1 heterocycles. The number of benzene rings is 1. The van der Waals surface area contributed by atoms with E-state index < -0.39 is 23.4 Å². The van der Waals surface area contributed by atoms with E-state index in [1.807, 2.05) is 0 Å². The zero-order valence-electron chi connectivity index (χ0n) is 8.85. The van der Waals surface area contributed by atoms with Gasteiger partial charge in [0.05, 0.1) is 6.61 Å². The Morgan fingerprint density at radius 3 is 2.44 bits per heavy atom. The van der Waals surface area contributed by atoms with Crippen molar-refractivity contribution < 1.29 is 31.5 Å². The summed E-state index contributed by atoms with van der Waals surface area (Å²) in [6.45, 7) is 0.322. The molecule has 0 aliphatic carbocycles. The first-order chi connectivity index (χ1) is 8.23. The number of carbonyl (C=O) groups excluding carboxylic acids is 1. The molecule has 1 aromatic rings. The summed E-state index contributed by atoms with van der Waals surface area (Å²) in [5, 5.41) is 0. The average molecular weight is 266 g/mol. The van der Waals surface area contributed by atoms with Crippen molar-refractivity contribution in [2.24, 2.45) is 0 Å². The van der Waals surface area contributed by atoms with E-state index in [-0.39, 0.29) is 0 Å². The molecule has 0 spiro atoms. The molecule has 18 heavy (non-hydrogen) atoms. The van der Waals surface area contributed by atoms with Gasteiger partial charge in [0.1, 0.15) is 5.75 Å². The molecule has 0 N–H and O–H groups in total. The molecule has 2 rings (SSSR count). The van der Waals surface area contributed by atoms with Gasteiger partial charge in [0, 0.05) is 12.0 Å². The summed E-state index contributed by atoms with van der Waals surface area (Å²) in [7, 11) is 0. The van der Waals surface area contributed by atoms with Crippen LogP contribution in [0.3, 0.4) is 0 Å². The number of hydrogen-bond acceptors (Lipinski definition) is 2. The molecule has 0 fully saturated rings.